The van der Waals surface area contributed by atoms with E-state index in [0.29, 0.717) is 13.0 Å². The van der Waals surface area contributed by atoms with Gasteiger partial charge >= 0.3 is 6.18 Å². The van der Waals surface area contributed by atoms with Crippen molar-refractivity contribution in [1.82, 2.24) is 0 Å². The molecule has 0 amide bonds. The zero-order chi connectivity index (χ0) is 12.2. The van der Waals surface area contributed by atoms with Gasteiger partial charge in [0.05, 0.1) is 17.8 Å². The minimum Gasteiger partial charge on any atom is -0.393 e. The monoisotopic (exact) mass is 236 g/mol. The zero-order valence-corrected chi connectivity index (χ0v) is 9.00. The highest BCUT2D eigenvalue weighted by Gasteiger charge is 2.32. The Morgan fingerprint density at radius 3 is 2.69 bits per heavy atom. The molecule has 1 rings (SSSR count). The van der Waals surface area contributed by atoms with Crippen molar-refractivity contribution < 1.29 is 23.0 Å². The van der Waals surface area contributed by atoms with Crippen LogP contribution in [-0.2, 0) is 4.74 Å². The lowest BCUT2D eigenvalue weighted by molar-refractivity contribution is -0.0890. The maximum absolute atomic E-state index is 12.2. The fourth-order valence-electron chi connectivity index (χ4n) is 1.32. The zero-order valence-electron chi connectivity index (χ0n) is 9.00. The number of alkyl halides is 3. The van der Waals surface area contributed by atoms with Gasteiger partial charge in [-0.1, -0.05) is 18.2 Å². The molecule has 2 nitrogen and oxygen atoms in total. The van der Waals surface area contributed by atoms with E-state index in [2.05, 4.69) is 0 Å². The van der Waals surface area contributed by atoms with Crippen LogP contribution in [0.2, 0.25) is 0 Å². The first-order valence-corrected chi connectivity index (χ1v) is 5.15. The van der Waals surface area contributed by atoms with Gasteiger partial charge in [-0.2, -0.15) is 13.2 Å². The Bertz CT molecular complexity index is 279. The van der Waals surface area contributed by atoms with Gasteiger partial charge in [-0.15, -0.1) is 0 Å². The van der Waals surface area contributed by atoms with Crippen LogP contribution < -0.4 is 0 Å². The molecule has 0 aromatic carbocycles. The number of aliphatic hydroxyl groups is 1. The number of aliphatic hydroxyl groups excluding tert-OH is 1. The summed E-state index contributed by atoms with van der Waals surface area (Å²) in [4.78, 5) is 0. The summed E-state index contributed by atoms with van der Waals surface area (Å²) in [5, 5.41) is 8.97. The van der Waals surface area contributed by atoms with E-state index >= 15 is 0 Å². The van der Waals surface area contributed by atoms with Gasteiger partial charge in [0.25, 0.3) is 0 Å². The minimum atomic E-state index is -4.28. The SMILES string of the molecule is CC(O)CCOC1C=CC(C(F)(F)F)=CC1. The molecule has 0 aliphatic heterocycles. The van der Waals surface area contributed by atoms with Crippen LogP contribution in [0.25, 0.3) is 0 Å². The van der Waals surface area contributed by atoms with Crippen LogP contribution in [0.3, 0.4) is 0 Å². The fourth-order valence-corrected chi connectivity index (χ4v) is 1.32. The van der Waals surface area contributed by atoms with Gasteiger partial charge in [0.2, 0.25) is 0 Å². The van der Waals surface area contributed by atoms with Crippen LogP contribution in [0.5, 0.6) is 0 Å². The molecule has 0 heterocycles. The van der Waals surface area contributed by atoms with E-state index in [1.165, 1.54) is 6.08 Å². The highest BCUT2D eigenvalue weighted by Crippen LogP contribution is 2.29. The van der Waals surface area contributed by atoms with Gasteiger partial charge in [-0.25, -0.2) is 0 Å². The molecule has 0 fully saturated rings. The van der Waals surface area contributed by atoms with Crippen LogP contribution in [0.4, 0.5) is 13.2 Å². The number of halogens is 3. The summed E-state index contributed by atoms with van der Waals surface area (Å²) in [5.74, 6) is 0. The Balaban J connectivity index is 2.33. The highest BCUT2D eigenvalue weighted by atomic mass is 19.4. The maximum Gasteiger partial charge on any atom is 0.416 e. The van der Waals surface area contributed by atoms with E-state index in [-0.39, 0.29) is 12.5 Å². The van der Waals surface area contributed by atoms with Crippen molar-refractivity contribution >= 4 is 0 Å². The Labute approximate surface area is 92.4 Å². The summed E-state index contributed by atoms with van der Waals surface area (Å²) in [6, 6.07) is 0. The van der Waals surface area contributed by atoms with Gasteiger partial charge in [0.1, 0.15) is 0 Å². The Kier molecular flexibility index (Phi) is 4.56. The molecule has 0 saturated carbocycles. The average molecular weight is 236 g/mol. The molecule has 0 bridgehead atoms. The molecule has 0 saturated heterocycles. The second kappa shape index (κ2) is 5.50. The van der Waals surface area contributed by atoms with Gasteiger partial charge in [-0.3, -0.25) is 0 Å². The highest BCUT2D eigenvalue weighted by molar-refractivity contribution is 5.28. The molecule has 0 radical (unpaired) electrons. The van der Waals surface area contributed by atoms with Gasteiger partial charge in [-0.05, 0) is 19.8 Å². The predicted octanol–water partition coefficient (Wildman–Crippen LogP) is 2.59. The standard InChI is InChI=1S/C11H15F3O2/c1-8(15)6-7-16-10-4-2-9(3-5-10)11(12,13)14/h2-4,8,10,15H,5-7H2,1H3. The van der Waals surface area contributed by atoms with E-state index in [0.717, 1.165) is 12.2 Å². The van der Waals surface area contributed by atoms with Crippen molar-refractivity contribution in [3.8, 4) is 0 Å². The van der Waals surface area contributed by atoms with Crippen molar-refractivity contribution in [2.75, 3.05) is 6.61 Å². The molecular formula is C11H15F3O2. The maximum atomic E-state index is 12.2. The molecule has 1 N–H and O–H groups in total. The molecule has 0 aromatic heterocycles. The molecule has 92 valence electrons. The molecule has 2 atom stereocenters. The first-order chi connectivity index (χ1) is 7.39. The van der Waals surface area contributed by atoms with E-state index < -0.39 is 17.9 Å². The topological polar surface area (TPSA) is 29.5 Å². The van der Waals surface area contributed by atoms with E-state index in [4.69, 9.17) is 9.84 Å². The van der Waals surface area contributed by atoms with Crippen molar-refractivity contribution in [2.24, 2.45) is 0 Å². The first-order valence-electron chi connectivity index (χ1n) is 5.15. The van der Waals surface area contributed by atoms with Crippen LogP contribution >= 0.6 is 0 Å². The van der Waals surface area contributed by atoms with Gasteiger partial charge in [0.15, 0.2) is 0 Å². The van der Waals surface area contributed by atoms with Crippen LogP contribution in [0, 0.1) is 0 Å². The van der Waals surface area contributed by atoms with Crippen molar-refractivity contribution in [1.29, 1.82) is 0 Å². The van der Waals surface area contributed by atoms with Crippen LogP contribution in [-0.4, -0.2) is 30.1 Å². The lowest BCUT2D eigenvalue weighted by Gasteiger charge is -2.18. The third kappa shape index (κ3) is 4.37. The number of rotatable bonds is 4. The van der Waals surface area contributed by atoms with Gasteiger partial charge < -0.3 is 9.84 Å². The number of allylic oxidation sites excluding steroid dienone is 2. The quantitative estimate of drug-likeness (QED) is 0.813. The fraction of sp³-hybridized carbons (Fsp3) is 0.636. The first kappa shape index (κ1) is 13.3. The third-order valence-electron chi connectivity index (χ3n) is 2.26. The summed E-state index contributed by atoms with van der Waals surface area (Å²) in [6.07, 6.45) is -0.750. The van der Waals surface area contributed by atoms with Crippen LogP contribution in [0.15, 0.2) is 23.8 Å². The molecule has 2 unspecified atom stereocenters. The Morgan fingerprint density at radius 1 is 1.56 bits per heavy atom. The number of ether oxygens (including phenoxy) is 1. The molecule has 0 spiro atoms. The lowest BCUT2D eigenvalue weighted by Crippen LogP contribution is -2.18. The molecule has 16 heavy (non-hydrogen) atoms. The average Bonchev–Trinajstić information content (AvgIpc) is 2.16. The summed E-state index contributed by atoms with van der Waals surface area (Å²) in [5.41, 5.74) is -0.622. The molecule has 0 aromatic rings. The molecular weight excluding hydrogens is 221 g/mol. The smallest absolute Gasteiger partial charge is 0.393 e. The summed E-state index contributed by atoms with van der Waals surface area (Å²) < 4.78 is 42.0. The van der Waals surface area contributed by atoms with Crippen molar-refractivity contribution in [2.45, 2.75) is 38.1 Å². The predicted molar refractivity (Wildman–Crippen MR) is 53.9 cm³/mol. The third-order valence-corrected chi connectivity index (χ3v) is 2.26. The second-order valence-corrected chi connectivity index (χ2v) is 3.80. The van der Waals surface area contributed by atoms with E-state index in [1.807, 2.05) is 0 Å². The second-order valence-electron chi connectivity index (χ2n) is 3.80. The molecule has 5 heteroatoms. The van der Waals surface area contributed by atoms with E-state index in [9.17, 15) is 13.2 Å². The van der Waals surface area contributed by atoms with Gasteiger partial charge in [0, 0.05) is 6.61 Å². The van der Waals surface area contributed by atoms with Crippen LogP contribution in [0.1, 0.15) is 19.8 Å². The largest absolute Gasteiger partial charge is 0.416 e. The number of hydrogen-bond donors (Lipinski definition) is 1. The lowest BCUT2D eigenvalue weighted by atomic mass is 10.0. The van der Waals surface area contributed by atoms with Crippen molar-refractivity contribution in [3.63, 3.8) is 0 Å². The Morgan fingerprint density at radius 2 is 2.25 bits per heavy atom. The van der Waals surface area contributed by atoms with E-state index in [1.54, 1.807) is 6.92 Å². The summed E-state index contributed by atoms with van der Waals surface area (Å²) in [6.45, 7) is 1.99. The number of hydrogen-bond acceptors (Lipinski definition) is 2. The molecule has 1 aliphatic rings. The Hall–Kier alpha value is -0.810. The van der Waals surface area contributed by atoms with Crippen molar-refractivity contribution in [3.05, 3.63) is 23.8 Å². The minimum absolute atomic E-state index is 0.227. The molecule has 1 aliphatic carbocycles. The normalized spacial score (nSPS) is 23.1. The summed E-state index contributed by atoms with van der Waals surface area (Å²) >= 11 is 0. The summed E-state index contributed by atoms with van der Waals surface area (Å²) in [7, 11) is 0.